The van der Waals surface area contributed by atoms with Crippen molar-refractivity contribution in [3.63, 3.8) is 0 Å². The second-order valence-corrected chi connectivity index (χ2v) is 13.7. The minimum absolute atomic E-state index is 0.0773. The molecule has 0 aliphatic carbocycles. The van der Waals surface area contributed by atoms with Gasteiger partial charge in [0.25, 0.3) is 10.0 Å². The minimum atomic E-state index is -4.83. The summed E-state index contributed by atoms with van der Waals surface area (Å²) < 4.78 is 70.2. The average Bonchev–Trinajstić information content (AvgIpc) is 3.06. The lowest BCUT2D eigenvalue weighted by Gasteiger charge is -2.34. The van der Waals surface area contributed by atoms with Gasteiger partial charge >= 0.3 is 6.18 Å². The summed E-state index contributed by atoms with van der Waals surface area (Å²) in [7, 11) is -4.65. The van der Waals surface area contributed by atoms with Gasteiger partial charge in [-0.25, -0.2) is 8.42 Å². The van der Waals surface area contributed by atoms with Crippen LogP contribution in [0.15, 0.2) is 108 Å². The van der Waals surface area contributed by atoms with Gasteiger partial charge in [0.2, 0.25) is 11.8 Å². The molecule has 254 valence electrons. The van der Waals surface area contributed by atoms with Gasteiger partial charge in [-0.15, -0.1) is 0 Å². The van der Waals surface area contributed by atoms with Crippen LogP contribution in [0.25, 0.3) is 0 Å². The number of halogens is 5. The molecule has 0 fully saturated rings. The van der Waals surface area contributed by atoms with Gasteiger partial charge in [0.05, 0.1) is 21.2 Å². The molecule has 2 amide bonds. The Morgan fingerprint density at radius 2 is 1.48 bits per heavy atom. The number of hydrogen-bond acceptors (Lipinski definition) is 4. The van der Waals surface area contributed by atoms with E-state index in [1.165, 1.54) is 29.2 Å². The predicted molar refractivity (Wildman–Crippen MR) is 181 cm³/mol. The fourth-order valence-electron chi connectivity index (χ4n) is 4.96. The van der Waals surface area contributed by atoms with Crippen molar-refractivity contribution < 1.29 is 31.2 Å². The monoisotopic (exact) mass is 719 g/mol. The maximum atomic E-state index is 14.5. The average molecular weight is 721 g/mol. The molecule has 4 aromatic carbocycles. The van der Waals surface area contributed by atoms with Gasteiger partial charge in [0.1, 0.15) is 12.6 Å². The maximum Gasteiger partial charge on any atom is 0.416 e. The summed E-state index contributed by atoms with van der Waals surface area (Å²) in [4.78, 5) is 29.2. The Morgan fingerprint density at radius 1 is 0.854 bits per heavy atom. The van der Waals surface area contributed by atoms with E-state index in [4.69, 9.17) is 23.2 Å². The second kappa shape index (κ2) is 16.4. The molecule has 4 rings (SSSR count). The van der Waals surface area contributed by atoms with Crippen LogP contribution in [0.2, 0.25) is 10.0 Å². The van der Waals surface area contributed by atoms with Gasteiger partial charge < -0.3 is 10.2 Å². The van der Waals surface area contributed by atoms with Crippen molar-refractivity contribution in [3.8, 4) is 0 Å². The van der Waals surface area contributed by atoms with E-state index in [9.17, 15) is 31.2 Å². The van der Waals surface area contributed by atoms with E-state index in [0.29, 0.717) is 33.9 Å². The Hall–Kier alpha value is -4.06. The third-order valence-corrected chi connectivity index (χ3v) is 9.86. The number of nitrogens with one attached hydrogen (secondary N) is 1. The molecule has 0 heterocycles. The normalized spacial score (nSPS) is 12.3. The third kappa shape index (κ3) is 9.52. The van der Waals surface area contributed by atoms with Crippen molar-refractivity contribution in [2.45, 2.75) is 49.8 Å². The van der Waals surface area contributed by atoms with Crippen LogP contribution in [0.5, 0.6) is 0 Å². The number of rotatable bonds is 14. The Morgan fingerprint density at radius 3 is 2.08 bits per heavy atom. The van der Waals surface area contributed by atoms with E-state index in [0.717, 1.165) is 24.1 Å². The van der Waals surface area contributed by atoms with Crippen molar-refractivity contribution in [1.29, 1.82) is 0 Å². The Balaban J connectivity index is 1.85. The quantitative estimate of drug-likeness (QED) is 0.135. The molecule has 0 aromatic heterocycles. The Kier molecular flexibility index (Phi) is 12.5. The lowest BCUT2D eigenvalue weighted by molar-refractivity contribution is -0.140. The van der Waals surface area contributed by atoms with Gasteiger partial charge in [0.15, 0.2) is 0 Å². The lowest BCUT2D eigenvalue weighted by Crippen LogP contribution is -2.53. The van der Waals surface area contributed by atoms with Crippen LogP contribution in [0, 0.1) is 0 Å². The van der Waals surface area contributed by atoms with Crippen molar-refractivity contribution in [2.24, 2.45) is 0 Å². The van der Waals surface area contributed by atoms with Crippen LogP contribution in [-0.2, 0) is 38.8 Å². The summed E-state index contributed by atoms with van der Waals surface area (Å²) in [6.07, 6.45) is -3.26. The molecule has 0 saturated heterocycles. The smallest absolute Gasteiger partial charge is 0.354 e. The van der Waals surface area contributed by atoms with Crippen LogP contribution in [0.4, 0.5) is 18.9 Å². The molecule has 13 heteroatoms. The fraction of sp³-hybridized carbons (Fsp3) is 0.257. The zero-order chi connectivity index (χ0) is 34.9. The first-order valence-corrected chi connectivity index (χ1v) is 17.3. The molecule has 0 aliphatic heterocycles. The van der Waals surface area contributed by atoms with Crippen molar-refractivity contribution in [2.75, 3.05) is 17.4 Å². The van der Waals surface area contributed by atoms with Crippen molar-refractivity contribution in [1.82, 2.24) is 10.2 Å². The highest BCUT2D eigenvalue weighted by atomic mass is 35.5. The number of carbonyl (C=O) groups excluding carboxylic acids is 2. The molecule has 0 saturated carbocycles. The number of carbonyl (C=O) groups is 2. The van der Waals surface area contributed by atoms with Crippen molar-refractivity contribution in [3.05, 3.63) is 130 Å². The molecule has 0 bridgehead atoms. The van der Waals surface area contributed by atoms with Crippen LogP contribution in [0.1, 0.15) is 36.5 Å². The number of alkyl halides is 3. The summed E-state index contributed by atoms with van der Waals surface area (Å²) >= 11 is 12.5. The summed E-state index contributed by atoms with van der Waals surface area (Å²) in [5.74, 6) is -1.31. The first-order valence-electron chi connectivity index (χ1n) is 15.1. The van der Waals surface area contributed by atoms with E-state index in [-0.39, 0.29) is 22.9 Å². The maximum absolute atomic E-state index is 14.5. The number of hydrogen-bond donors (Lipinski definition) is 1. The number of unbranched alkanes of at least 4 members (excludes halogenated alkanes) is 1. The highest BCUT2D eigenvalue weighted by Gasteiger charge is 2.37. The first kappa shape index (κ1) is 36.8. The second-order valence-electron chi connectivity index (χ2n) is 11.0. The minimum Gasteiger partial charge on any atom is -0.354 e. The number of benzene rings is 4. The van der Waals surface area contributed by atoms with E-state index >= 15 is 0 Å². The van der Waals surface area contributed by atoms with Gasteiger partial charge in [-0.05, 0) is 60.0 Å². The standard InChI is InChI=1S/C35H34Cl2F3N3O4S/c1-2-3-20-41-34(45)32(21-25-10-6-4-7-11-25)42(23-26-14-17-28(36)18-15-26)33(44)24-43(48(46,47)29-12-8-5-9-13-29)31-22-27(35(38,39)40)16-19-30(31)37/h4-19,22,32H,2-3,20-21,23-24H2,1H3,(H,41,45)/t32-/m1/s1. The number of anilines is 1. The van der Waals surface area contributed by atoms with E-state index in [1.54, 1.807) is 54.6 Å². The zero-order valence-corrected chi connectivity index (χ0v) is 28.3. The Bertz CT molecular complexity index is 1790. The summed E-state index contributed by atoms with van der Waals surface area (Å²) in [5, 5.41) is 2.99. The number of nitrogens with zero attached hydrogens (tertiary/aromatic N) is 2. The van der Waals surface area contributed by atoms with Gasteiger partial charge in [-0.1, -0.05) is 97.2 Å². The van der Waals surface area contributed by atoms with Crippen LogP contribution < -0.4 is 9.62 Å². The highest BCUT2D eigenvalue weighted by Crippen LogP contribution is 2.37. The van der Waals surface area contributed by atoms with Gasteiger partial charge in [0, 0.05) is 24.5 Å². The summed E-state index contributed by atoms with van der Waals surface area (Å²) in [5.41, 5.74) is -0.376. The molecular weight excluding hydrogens is 686 g/mol. The molecule has 1 atom stereocenters. The molecule has 48 heavy (non-hydrogen) atoms. The molecule has 0 radical (unpaired) electrons. The highest BCUT2D eigenvalue weighted by molar-refractivity contribution is 7.92. The van der Waals surface area contributed by atoms with Crippen molar-refractivity contribution >= 4 is 50.7 Å². The van der Waals surface area contributed by atoms with E-state index in [1.807, 2.05) is 13.0 Å². The molecule has 7 nitrogen and oxygen atoms in total. The van der Waals surface area contributed by atoms with E-state index < -0.39 is 51.9 Å². The molecule has 4 aromatic rings. The largest absolute Gasteiger partial charge is 0.416 e. The fourth-order valence-corrected chi connectivity index (χ4v) is 6.80. The topological polar surface area (TPSA) is 86.8 Å². The first-order chi connectivity index (χ1) is 22.8. The zero-order valence-electron chi connectivity index (χ0n) is 26.0. The SMILES string of the molecule is CCCCNC(=O)[C@@H](Cc1ccccc1)N(Cc1ccc(Cl)cc1)C(=O)CN(c1cc(C(F)(F)F)ccc1Cl)S(=O)(=O)c1ccccc1. The van der Waals surface area contributed by atoms with Crippen LogP contribution >= 0.6 is 23.2 Å². The lowest BCUT2D eigenvalue weighted by atomic mass is 10.0. The van der Waals surface area contributed by atoms with Crippen LogP contribution in [-0.4, -0.2) is 44.3 Å². The third-order valence-electron chi connectivity index (χ3n) is 7.52. The van der Waals surface area contributed by atoms with Gasteiger partial charge in [-0.3, -0.25) is 13.9 Å². The molecule has 1 N–H and O–H groups in total. The van der Waals surface area contributed by atoms with Crippen LogP contribution in [0.3, 0.4) is 0 Å². The molecule has 0 aliphatic rings. The van der Waals surface area contributed by atoms with E-state index in [2.05, 4.69) is 5.32 Å². The number of amides is 2. The molecule has 0 unspecified atom stereocenters. The Labute approximate surface area is 288 Å². The van der Waals surface area contributed by atoms with Gasteiger partial charge in [-0.2, -0.15) is 13.2 Å². The summed E-state index contributed by atoms with van der Waals surface area (Å²) in [6, 6.07) is 23.7. The summed E-state index contributed by atoms with van der Waals surface area (Å²) in [6.45, 7) is 1.21. The predicted octanol–water partition coefficient (Wildman–Crippen LogP) is 7.76. The molecular formula is C35H34Cl2F3N3O4S. The number of sulfonamides is 1. The molecule has 0 spiro atoms.